The number of nitrogens with two attached hydrogens (primary N) is 1. The van der Waals surface area contributed by atoms with Crippen molar-refractivity contribution in [3.63, 3.8) is 0 Å². The van der Waals surface area contributed by atoms with Crippen LogP contribution in [0.3, 0.4) is 0 Å². The summed E-state index contributed by atoms with van der Waals surface area (Å²) >= 11 is 0. The SMILES string of the molecule is N=C(C(=O)O)C(N)C=O. The van der Waals surface area contributed by atoms with Gasteiger partial charge in [0.05, 0.1) is 0 Å². The summed E-state index contributed by atoms with van der Waals surface area (Å²) in [5.41, 5.74) is 4.06. The summed E-state index contributed by atoms with van der Waals surface area (Å²) < 4.78 is 0. The molecule has 0 aliphatic heterocycles. The molecule has 0 aromatic carbocycles. The summed E-state index contributed by atoms with van der Waals surface area (Å²) in [5, 5.41) is 14.6. The average Bonchev–Trinajstić information content (AvgIpc) is 1.84. The molecule has 1 atom stereocenters. The lowest BCUT2D eigenvalue weighted by atomic mass is 10.2. The summed E-state index contributed by atoms with van der Waals surface area (Å²) in [5.74, 6) is -1.46. The Bertz CT molecular complexity index is 154. The zero-order valence-corrected chi connectivity index (χ0v) is 4.50. The third kappa shape index (κ3) is 2.00. The van der Waals surface area contributed by atoms with Crippen LogP contribution in [0.5, 0.6) is 0 Å². The second-order valence-electron chi connectivity index (χ2n) is 1.38. The predicted octanol–water partition coefficient (Wildman–Crippen LogP) is -1.38. The number of aliphatic carboxylic acids is 1. The molecule has 0 saturated heterocycles. The second kappa shape index (κ2) is 2.93. The van der Waals surface area contributed by atoms with Crippen molar-refractivity contribution in [2.45, 2.75) is 6.04 Å². The lowest BCUT2D eigenvalue weighted by Crippen LogP contribution is -2.36. The number of aldehydes is 1. The maximum absolute atomic E-state index is 9.84. The number of carbonyl (C=O) groups excluding carboxylic acids is 1. The summed E-state index contributed by atoms with van der Waals surface area (Å²) in [6.45, 7) is 0. The number of hydrogen-bond acceptors (Lipinski definition) is 4. The quantitative estimate of drug-likeness (QED) is 0.323. The van der Waals surface area contributed by atoms with Crippen LogP contribution >= 0.6 is 0 Å². The number of hydrogen-bond donors (Lipinski definition) is 3. The number of carboxylic acids is 1. The highest BCUT2D eigenvalue weighted by atomic mass is 16.4. The summed E-state index contributed by atoms with van der Waals surface area (Å²) in [6, 6.07) is -1.30. The van der Waals surface area contributed by atoms with E-state index in [4.69, 9.17) is 16.2 Å². The molecule has 0 heterocycles. The van der Waals surface area contributed by atoms with Crippen LogP contribution in [0.15, 0.2) is 0 Å². The van der Waals surface area contributed by atoms with Crippen molar-refractivity contribution in [2.75, 3.05) is 0 Å². The Morgan fingerprint density at radius 1 is 1.78 bits per heavy atom. The van der Waals surface area contributed by atoms with E-state index in [-0.39, 0.29) is 6.29 Å². The Hall–Kier alpha value is -1.23. The van der Waals surface area contributed by atoms with Gasteiger partial charge in [0.2, 0.25) is 0 Å². The molecule has 0 radical (unpaired) electrons. The zero-order valence-electron chi connectivity index (χ0n) is 4.50. The number of carbonyl (C=O) groups is 2. The van der Waals surface area contributed by atoms with E-state index in [9.17, 15) is 9.59 Å². The minimum atomic E-state index is -1.46. The van der Waals surface area contributed by atoms with Gasteiger partial charge in [0.1, 0.15) is 18.0 Å². The molecule has 0 aromatic heterocycles. The maximum atomic E-state index is 9.84. The predicted molar refractivity (Wildman–Crippen MR) is 29.4 cm³/mol. The topological polar surface area (TPSA) is 104 Å². The van der Waals surface area contributed by atoms with E-state index in [1.54, 1.807) is 0 Å². The third-order valence-electron chi connectivity index (χ3n) is 0.710. The van der Waals surface area contributed by atoms with Gasteiger partial charge in [0.15, 0.2) is 0 Å². The molecule has 0 rings (SSSR count). The van der Waals surface area contributed by atoms with Gasteiger partial charge in [0.25, 0.3) is 0 Å². The van der Waals surface area contributed by atoms with Crippen LogP contribution in [-0.4, -0.2) is 29.1 Å². The van der Waals surface area contributed by atoms with Crippen LogP contribution in [0, 0.1) is 5.41 Å². The largest absolute Gasteiger partial charge is 0.477 e. The average molecular weight is 130 g/mol. The van der Waals surface area contributed by atoms with Crippen LogP contribution < -0.4 is 5.73 Å². The van der Waals surface area contributed by atoms with E-state index in [2.05, 4.69) is 0 Å². The van der Waals surface area contributed by atoms with Gasteiger partial charge in [-0.1, -0.05) is 0 Å². The molecule has 0 amide bonds. The Morgan fingerprint density at radius 2 is 2.22 bits per heavy atom. The highest BCUT2D eigenvalue weighted by Gasteiger charge is 2.14. The van der Waals surface area contributed by atoms with E-state index < -0.39 is 17.7 Å². The first kappa shape index (κ1) is 7.77. The maximum Gasteiger partial charge on any atom is 0.351 e. The second-order valence-corrected chi connectivity index (χ2v) is 1.38. The minimum absolute atomic E-state index is 0.205. The fourth-order valence-corrected chi connectivity index (χ4v) is 0.211. The first-order valence-electron chi connectivity index (χ1n) is 2.12. The molecular weight excluding hydrogens is 124 g/mol. The lowest BCUT2D eigenvalue weighted by Gasteiger charge is -1.97. The molecule has 5 nitrogen and oxygen atoms in total. The minimum Gasteiger partial charge on any atom is -0.477 e. The fourth-order valence-electron chi connectivity index (χ4n) is 0.211. The van der Waals surface area contributed by atoms with Crippen LogP contribution in [0.4, 0.5) is 0 Å². The van der Waals surface area contributed by atoms with Crippen molar-refractivity contribution in [2.24, 2.45) is 5.73 Å². The molecule has 0 saturated carbocycles. The Balaban J connectivity index is 4.03. The van der Waals surface area contributed by atoms with Gasteiger partial charge >= 0.3 is 5.97 Å². The van der Waals surface area contributed by atoms with Crippen molar-refractivity contribution >= 4 is 18.0 Å². The van der Waals surface area contributed by atoms with E-state index in [0.29, 0.717) is 0 Å². The lowest BCUT2D eigenvalue weighted by molar-refractivity contribution is -0.130. The zero-order chi connectivity index (χ0) is 7.44. The van der Waals surface area contributed by atoms with Crippen LogP contribution in [0.25, 0.3) is 0 Å². The normalized spacial score (nSPS) is 12.1. The first-order chi connectivity index (χ1) is 4.09. The molecular formula is C4H6N2O3. The van der Waals surface area contributed by atoms with Crippen LogP contribution in [0.2, 0.25) is 0 Å². The third-order valence-corrected chi connectivity index (χ3v) is 0.710. The Morgan fingerprint density at radius 3 is 2.33 bits per heavy atom. The fraction of sp³-hybridized carbons (Fsp3) is 0.250. The standard InChI is InChI=1S/C4H6N2O3/c5-2(1-7)3(6)4(8)9/h1-2,6H,5H2,(H,8,9). The number of nitrogens with one attached hydrogen (secondary N) is 1. The molecule has 1 unspecified atom stereocenters. The molecule has 4 N–H and O–H groups in total. The molecule has 0 aromatic rings. The Kier molecular flexibility index (Phi) is 2.53. The van der Waals surface area contributed by atoms with Crippen molar-refractivity contribution in [1.29, 1.82) is 5.41 Å². The van der Waals surface area contributed by atoms with E-state index >= 15 is 0 Å². The Labute approximate surface area is 51.0 Å². The summed E-state index contributed by atoms with van der Waals surface area (Å²) in [4.78, 5) is 19.6. The highest BCUT2D eigenvalue weighted by molar-refractivity contribution is 6.39. The molecule has 50 valence electrons. The molecule has 9 heavy (non-hydrogen) atoms. The molecule has 0 aliphatic carbocycles. The molecule has 5 heteroatoms. The van der Waals surface area contributed by atoms with E-state index in [1.165, 1.54) is 0 Å². The van der Waals surface area contributed by atoms with Gasteiger partial charge in [-0.2, -0.15) is 0 Å². The van der Waals surface area contributed by atoms with Crippen molar-refractivity contribution in [3.8, 4) is 0 Å². The van der Waals surface area contributed by atoms with Crippen molar-refractivity contribution in [3.05, 3.63) is 0 Å². The summed E-state index contributed by atoms with van der Waals surface area (Å²) in [7, 11) is 0. The van der Waals surface area contributed by atoms with Crippen LogP contribution in [-0.2, 0) is 9.59 Å². The molecule has 0 bridgehead atoms. The smallest absolute Gasteiger partial charge is 0.351 e. The molecule has 0 fully saturated rings. The number of carboxylic acid groups (broad SMARTS) is 1. The van der Waals surface area contributed by atoms with Gasteiger partial charge in [0, 0.05) is 0 Å². The van der Waals surface area contributed by atoms with Gasteiger partial charge in [-0.05, 0) is 0 Å². The highest BCUT2D eigenvalue weighted by Crippen LogP contribution is 1.76. The van der Waals surface area contributed by atoms with Gasteiger partial charge in [-0.3, -0.25) is 5.41 Å². The molecule has 0 aliphatic rings. The molecule has 0 spiro atoms. The first-order valence-corrected chi connectivity index (χ1v) is 2.12. The monoisotopic (exact) mass is 130 g/mol. The van der Waals surface area contributed by atoms with Gasteiger partial charge < -0.3 is 15.6 Å². The van der Waals surface area contributed by atoms with Gasteiger partial charge in [-0.15, -0.1) is 0 Å². The number of rotatable bonds is 3. The van der Waals surface area contributed by atoms with Crippen molar-refractivity contribution in [1.82, 2.24) is 0 Å². The van der Waals surface area contributed by atoms with E-state index in [1.807, 2.05) is 0 Å². The van der Waals surface area contributed by atoms with Gasteiger partial charge in [-0.25, -0.2) is 4.79 Å². The van der Waals surface area contributed by atoms with Crippen LogP contribution in [0.1, 0.15) is 0 Å². The van der Waals surface area contributed by atoms with E-state index in [0.717, 1.165) is 0 Å². The van der Waals surface area contributed by atoms with Crippen molar-refractivity contribution < 1.29 is 14.7 Å². The summed E-state index contributed by atoms with van der Waals surface area (Å²) in [6.07, 6.45) is 0.205.